The van der Waals surface area contributed by atoms with E-state index in [0.717, 1.165) is 25.9 Å². The highest BCUT2D eigenvalue weighted by atomic mass is 35.5. The summed E-state index contributed by atoms with van der Waals surface area (Å²) in [6.07, 6.45) is 23.4. The minimum absolute atomic E-state index is 0. The third-order valence-electron chi connectivity index (χ3n) is 6.69. The fourth-order valence-corrected chi connectivity index (χ4v) is 4.94. The summed E-state index contributed by atoms with van der Waals surface area (Å²) in [4.78, 5) is 12.0. The standard InChI is InChI=1S/C27H56N2O4S.ClH/c1-4-5-6-7-8-9-10-11-12-13-14-15-16-17-18-19-23-28-27(30)22-20-24-29(2,3)25-21-26-34(31,32)33;/h4-26H2,1-3H3,(H-,28,30,31,32,33);1H. The van der Waals surface area contributed by atoms with Gasteiger partial charge in [0.2, 0.25) is 5.91 Å². The molecule has 0 heterocycles. The zero-order chi connectivity index (χ0) is 25.5. The molecule has 2 N–H and O–H groups in total. The lowest BCUT2D eigenvalue weighted by Gasteiger charge is -2.29. The molecular weight excluding hydrogens is 484 g/mol. The zero-order valence-electron chi connectivity index (χ0n) is 23.2. The molecule has 0 rings (SSSR count). The van der Waals surface area contributed by atoms with Crippen LogP contribution in [0.25, 0.3) is 0 Å². The van der Waals surface area contributed by atoms with Crippen LogP contribution in [-0.2, 0) is 14.9 Å². The number of carbonyl (C=O) groups excluding carboxylic acids is 1. The molecule has 8 heteroatoms. The number of nitrogens with one attached hydrogen (secondary N) is 1. The van der Waals surface area contributed by atoms with Gasteiger partial charge in [0.05, 0.1) is 32.9 Å². The van der Waals surface area contributed by atoms with Crippen molar-refractivity contribution in [2.24, 2.45) is 0 Å². The molecule has 0 unspecified atom stereocenters. The first kappa shape index (κ1) is 36.8. The van der Waals surface area contributed by atoms with Gasteiger partial charge in [-0.3, -0.25) is 9.35 Å². The molecule has 35 heavy (non-hydrogen) atoms. The number of quaternary nitrogens is 1. The second-order valence-electron chi connectivity index (χ2n) is 10.8. The van der Waals surface area contributed by atoms with E-state index in [1.807, 2.05) is 14.1 Å². The molecule has 0 aliphatic carbocycles. The summed E-state index contributed by atoms with van der Waals surface area (Å²) in [5, 5.41) is 3.02. The predicted octanol–water partition coefficient (Wildman–Crippen LogP) is 3.50. The largest absolute Gasteiger partial charge is 1.00 e. The monoisotopic (exact) mass is 540 g/mol. The normalized spacial score (nSPS) is 11.9. The van der Waals surface area contributed by atoms with E-state index >= 15 is 0 Å². The zero-order valence-corrected chi connectivity index (χ0v) is 24.7. The SMILES string of the molecule is CCCCCCCCCCCCCCCCCCNC(=O)CCC[N+](C)(C)CCCS(=O)(=O)O.[Cl-]. The summed E-state index contributed by atoms with van der Waals surface area (Å²) in [7, 11) is 0.167. The quantitative estimate of drug-likeness (QED) is 0.105. The second kappa shape index (κ2) is 24.0. The van der Waals surface area contributed by atoms with E-state index in [0.29, 0.717) is 23.9 Å². The Hall–Kier alpha value is -0.370. The van der Waals surface area contributed by atoms with Crippen LogP contribution in [0.1, 0.15) is 129 Å². The fraction of sp³-hybridized carbons (Fsp3) is 0.963. The predicted molar refractivity (Wildman–Crippen MR) is 145 cm³/mol. The van der Waals surface area contributed by atoms with E-state index in [1.165, 1.54) is 96.3 Å². The van der Waals surface area contributed by atoms with Crippen LogP contribution in [0.15, 0.2) is 0 Å². The first-order valence-electron chi connectivity index (χ1n) is 14.2. The molecule has 0 radical (unpaired) electrons. The molecule has 0 saturated heterocycles. The van der Waals surface area contributed by atoms with Crippen molar-refractivity contribution in [2.45, 2.75) is 129 Å². The highest BCUT2D eigenvalue weighted by Crippen LogP contribution is 2.13. The maximum absolute atomic E-state index is 12.0. The molecule has 0 aliphatic rings. The molecule has 0 atom stereocenters. The third kappa shape index (κ3) is 29.7. The van der Waals surface area contributed by atoms with E-state index < -0.39 is 10.1 Å². The van der Waals surface area contributed by atoms with Crippen molar-refractivity contribution in [3.05, 3.63) is 0 Å². The van der Waals surface area contributed by atoms with E-state index in [9.17, 15) is 13.2 Å². The summed E-state index contributed by atoms with van der Waals surface area (Å²) in [5.74, 6) is -0.0898. The highest BCUT2D eigenvalue weighted by Gasteiger charge is 2.17. The van der Waals surface area contributed by atoms with Crippen LogP contribution in [0.5, 0.6) is 0 Å². The van der Waals surface area contributed by atoms with Gasteiger partial charge >= 0.3 is 0 Å². The van der Waals surface area contributed by atoms with Crippen molar-refractivity contribution < 1.29 is 34.7 Å². The lowest BCUT2D eigenvalue weighted by Crippen LogP contribution is -3.00. The Morgan fingerprint density at radius 2 is 1.09 bits per heavy atom. The van der Waals surface area contributed by atoms with Crippen molar-refractivity contribution in [2.75, 3.05) is 39.5 Å². The average molecular weight is 541 g/mol. The van der Waals surface area contributed by atoms with Crippen molar-refractivity contribution in [3.8, 4) is 0 Å². The summed E-state index contributed by atoms with van der Waals surface area (Å²) in [5.41, 5.74) is 0. The van der Waals surface area contributed by atoms with Gasteiger partial charge in [-0.2, -0.15) is 8.42 Å². The van der Waals surface area contributed by atoms with Gasteiger partial charge in [0.15, 0.2) is 0 Å². The smallest absolute Gasteiger partial charge is 0.265 e. The Morgan fingerprint density at radius 3 is 1.51 bits per heavy atom. The molecule has 212 valence electrons. The van der Waals surface area contributed by atoms with Crippen LogP contribution in [0.3, 0.4) is 0 Å². The van der Waals surface area contributed by atoms with Gasteiger partial charge in [-0.05, 0) is 6.42 Å². The molecule has 1 amide bonds. The second-order valence-corrected chi connectivity index (χ2v) is 12.4. The number of halogens is 1. The van der Waals surface area contributed by atoms with Crippen LogP contribution >= 0.6 is 0 Å². The van der Waals surface area contributed by atoms with Gasteiger partial charge in [-0.25, -0.2) is 0 Å². The highest BCUT2D eigenvalue weighted by molar-refractivity contribution is 7.85. The molecule has 0 spiro atoms. The molecular formula is C27H57ClN2O4S. The Bertz CT molecular complexity index is 586. The molecule has 0 saturated carbocycles. The number of rotatable bonds is 25. The van der Waals surface area contributed by atoms with Crippen molar-refractivity contribution in [3.63, 3.8) is 0 Å². The summed E-state index contributed by atoms with van der Waals surface area (Å²) in [6.45, 7) is 4.53. The van der Waals surface area contributed by atoms with E-state index in [1.54, 1.807) is 0 Å². The van der Waals surface area contributed by atoms with Gasteiger partial charge in [-0.15, -0.1) is 0 Å². The number of carbonyl (C=O) groups is 1. The Kier molecular flexibility index (Phi) is 25.2. The summed E-state index contributed by atoms with van der Waals surface area (Å²) in [6, 6.07) is 0. The lowest BCUT2D eigenvalue weighted by atomic mass is 10.0. The van der Waals surface area contributed by atoms with Gasteiger partial charge in [0.1, 0.15) is 0 Å². The van der Waals surface area contributed by atoms with Gasteiger partial charge in [-0.1, -0.05) is 103 Å². The number of hydrogen-bond acceptors (Lipinski definition) is 3. The Labute approximate surface area is 224 Å². The molecule has 0 aliphatic heterocycles. The van der Waals surface area contributed by atoms with Crippen LogP contribution in [-0.4, -0.2) is 62.8 Å². The topological polar surface area (TPSA) is 83.5 Å². The maximum atomic E-state index is 12.0. The molecule has 0 fully saturated rings. The molecule has 0 bridgehead atoms. The molecule has 0 aromatic heterocycles. The van der Waals surface area contributed by atoms with E-state index in [2.05, 4.69) is 12.2 Å². The minimum Gasteiger partial charge on any atom is -1.00 e. The lowest BCUT2D eigenvalue weighted by molar-refractivity contribution is -0.890. The number of hydrogen-bond donors (Lipinski definition) is 2. The summed E-state index contributed by atoms with van der Waals surface area (Å²) < 4.78 is 31.1. The van der Waals surface area contributed by atoms with E-state index in [-0.39, 0.29) is 24.1 Å². The average Bonchev–Trinajstić information content (AvgIpc) is 2.74. The van der Waals surface area contributed by atoms with Gasteiger partial charge in [0.25, 0.3) is 10.1 Å². The number of amides is 1. The van der Waals surface area contributed by atoms with Gasteiger partial charge in [0, 0.05) is 25.8 Å². The minimum atomic E-state index is -3.89. The summed E-state index contributed by atoms with van der Waals surface area (Å²) >= 11 is 0. The van der Waals surface area contributed by atoms with Crippen molar-refractivity contribution >= 4 is 16.0 Å². The van der Waals surface area contributed by atoms with Crippen LogP contribution in [0.2, 0.25) is 0 Å². The Balaban J connectivity index is 0. The fourth-order valence-electron chi connectivity index (χ4n) is 4.44. The maximum Gasteiger partial charge on any atom is 0.265 e. The van der Waals surface area contributed by atoms with Crippen LogP contribution in [0.4, 0.5) is 0 Å². The molecule has 0 aromatic carbocycles. The first-order chi connectivity index (χ1) is 16.2. The first-order valence-corrected chi connectivity index (χ1v) is 15.8. The van der Waals surface area contributed by atoms with Gasteiger partial charge < -0.3 is 22.2 Å². The number of nitrogens with zero attached hydrogens (tertiary/aromatic N) is 1. The van der Waals surface area contributed by atoms with Crippen LogP contribution < -0.4 is 17.7 Å². The Morgan fingerprint density at radius 1 is 0.686 bits per heavy atom. The van der Waals surface area contributed by atoms with Crippen LogP contribution in [0, 0.1) is 0 Å². The molecule has 6 nitrogen and oxygen atoms in total. The number of unbranched alkanes of at least 4 members (excludes halogenated alkanes) is 15. The molecule has 0 aromatic rings. The van der Waals surface area contributed by atoms with Crippen molar-refractivity contribution in [1.82, 2.24) is 5.32 Å². The van der Waals surface area contributed by atoms with E-state index in [4.69, 9.17) is 4.55 Å². The third-order valence-corrected chi connectivity index (χ3v) is 7.49. The van der Waals surface area contributed by atoms with Crippen molar-refractivity contribution in [1.29, 1.82) is 0 Å².